The monoisotopic (exact) mass is 569 g/mol. The molecule has 3 aliphatic heterocycles. The summed E-state index contributed by atoms with van der Waals surface area (Å²) in [6.07, 6.45) is 3.76. The van der Waals surface area contributed by atoms with Gasteiger partial charge in [-0.15, -0.1) is 0 Å². The molecule has 0 aliphatic carbocycles. The van der Waals surface area contributed by atoms with Crippen molar-refractivity contribution in [3.05, 3.63) is 78.4 Å². The number of carbonyl (C=O) groups is 3. The molecule has 2 bridgehead atoms. The first-order chi connectivity index (χ1) is 20.4. The van der Waals surface area contributed by atoms with Gasteiger partial charge in [-0.25, -0.2) is 0 Å². The minimum atomic E-state index is -1.07. The topological polar surface area (TPSA) is 108 Å². The van der Waals surface area contributed by atoms with E-state index in [-0.39, 0.29) is 24.3 Å². The highest BCUT2D eigenvalue weighted by molar-refractivity contribution is 6.04. The molecule has 3 amide bonds. The molecule has 0 aromatic heterocycles. The van der Waals surface area contributed by atoms with E-state index in [1.165, 1.54) is 0 Å². The van der Waals surface area contributed by atoms with E-state index in [1.54, 1.807) is 4.90 Å². The van der Waals surface area contributed by atoms with E-state index in [0.29, 0.717) is 50.9 Å². The summed E-state index contributed by atoms with van der Waals surface area (Å²) >= 11 is 0. The van der Waals surface area contributed by atoms with Gasteiger partial charge in [0.25, 0.3) is 0 Å². The number of nitrogens with one attached hydrogen (secondary N) is 2. The fourth-order valence-electron chi connectivity index (χ4n) is 7.60. The number of hydrogen-bond donors (Lipinski definition) is 3. The summed E-state index contributed by atoms with van der Waals surface area (Å²) < 4.78 is 6.85. The number of benzene rings is 3. The zero-order valence-corrected chi connectivity index (χ0v) is 24.1. The summed E-state index contributed by atoms with van der Waals surface area (Å²) in [6.45, 7) is 2.81. The first kappa shape index (κ1) is 28.4. The lowest BCUT2D eigenvalue weighted by atomic mass is 9.65. The van der Waals surface area contributed by atoms with Gasteiger partial charge >= 0.3 is 0 Å². The number of aliphatic hydroxyl groups excluding tert-OH is 1. The Morgan fingerprint density at radius 2 is 1.71 bits per heavy atom. The Hall–Kier alpha value is -3.75. The van der Waals surface area contributed by atoms with Gasteiger partial charge in [-0.2, -0.15) is 0 Å². The summed E-state index contributed by atoms with van der Waals surface area (Å²) in [5.41, 5.74) is -0.224. The van der Waals surface area contributed by atoms with Gasteiger partial charge in [-0.3, -0.25) is 14.4 Å². The number of nitrogens with zero attached hydrogens (tertiary/aromatic N) is 1. The number of carbonyl (C=O) groups excluding carboxylic acids is 3. The second kappa shape index (κ2) is 11.5. The van der Waals surface area contributed by atoms with E-state index < -0.39 is 29.1 Å². The highest BCUT2D eigenvalue weighted by Crippen LogP contribution is 2.64. The molecule has 3 aromatic rings. The van der Waals surface area contributed by atoms with Gasteiger partial charge in [0.1, 0.15) is 11.6 Å². The first-order valence-corrected chi connectivity index (χ1v) is 15.2. The van der Waals surface area contributed by atoms with Gasteiger partial charge in [0, 0.05) is 25.4 Å². The van der Waals surface area contributed by atoms with Crippen molar-refractivity contribution in [1.82, 2.24) is 10.2 Å². The lowest BCUT2D eigenvalue weighted by molar-refractivity contribution is -0.146. The molecule has 8 nitrogen and oxygen atoms in total. The maximum Gasteiger partial charge on any atom is 0.250 e. The molecule has 5 atom stereocenters. The molecule has 6 rings (SSSR count). The largest absolute Gasteiger partial charge is 0.396 e. The number of rotatable bonds is 11. The van der Waals surface area contributed by atoms with Crippen LogP contribution in [-0.2, 0) is 25.7 Å². The number of aliphatic hydroxyl groups is 1. The van der Waals surface area contributed by atoms with Crippen LogP contribution in [0.1, 0.15) is 51.0 Å². The minimum Gasteiger partial charge on any atom is -0.396 e. The number of fused-ring (bicyclic) bond motifs is 2. The Labute approximate surface area is 246 Å². The average molecular weight is 570 g/mol. The Morgan fingerprint density at radius 1 is 0.952 bits per heavy atom. The molecule has 42 heavy (non-hydrogen) atoms. The predicted molar refractivity (Wildman–Crippen MR) is 160 cm³/mol. The van der Waals surface area contributed by atoms with Crippen molar-refractivity contribution in [2.75, 3.05) is 18.5 Å². The predicted octanol–water partition coefficient (Wildman–Crippen LogP) is 4.41. The van der Waals surface area contributed by atoms with E-state index in [0.717, 1.165) is 22.8 Å². The molecule has 8 heteroatoms. The molecule has 220 valence electrons. The minimum absolute atomic E-state index is 0.0815. The van der Waals surface area contributed by atoms with Crippen LogP contribution in [-0.4, -0.2) is 58.1 Å². The number of hydrogen-bond acceptors (Lipinski definition) is 5. The summed E-state index contributed by atoms with van der Waals surface area (Å²) in [5, 5.41) is 17.5. The molecular weight excluding hydrogens is 530 g/mol. The zero-order chi connectivity index (χ0) is 29.3. The Bertz CT molecular complexity index is 1480. The molecule has 2 unspecified atom stereocenters. The average Bonchev–Trinajstić information content (AvgIpc) is 3.62. The zero-order valence-electron chi connectivity index (χ0n) is 24.1. The smallest absolute Gasteiger partial charge is 0.250 e. The van der Waals surface area contributed by atoms with Crippen LogP contribution in [0.15, 0.2) is 72.8 Å². The maximum absolute atomic E-state index is 14.3. The Morgan fingerprint density at radius 3 is 2.48 bits per heavy atom. The molecule has 3 aromatic carbocycles. The lowest BCUT2D eigenvalue weighted by Gasteiger charge is -2.34. The SMILES string of the molecule is CC[C@]12CCC3(O1)C(C(=O)Nc1ccc4ccccc4c1)N(CCCCCO)C(=O)[C@@H]3[C@H]2C(=O)NCc1ccccc1. The van der Waals surface area contributed by atoms with Crippen LogP contribution in [0.2, 0.25) is 0 Å². The van der Waals surface area contributed by atoms with Gasteiger partial charge in [0.05, 0.1) is 17.4 Å². The normalized spacial score (nSPS) is 27.8. The number of unbranched alkanes of at least 4 members (excludes halogenated alkanes) is 2. The summed E-state index contributed by atoms with van der Waals surface area (Å²) in [5.74, 6) is -2.08. The van der Waals surface area contributed by atoms with Gasteiger partial charge < -0.3 is 25.4 Å². The second-order valence-electron chi connectivity index (χ2n) is 11.9. The number of anilines is 1. The Kier molecular flexibility index (Phi) is 7.77. The molecule has 3 fully saturated rings. The molecule has 3 heterocycles. The van der Waals surface area contributed by atoms with E-state index in [9.17, 15) is 19.5 Å². The van der Waals surface area contributed by atoms with Crippen LogP contribution in [0.5, 0.6) is 0 Å². The van der Waals surface area contributed by atoms with Crippen LogP contribution in [0.4, 0.5) is 5.69 Å². The number of amides is 3. The molecule has 3 N–H and O–H groups in total. The van der Waals surface area contributed by atoms with Crippen LogP contribution in [0, 0.1) is 11.8 Å². The van der Waals surface area contributed by atoms with E-state index in [2.05, 4.69) is 10.6 Å². The highest BCUT2D eigenvalue weighted by Gasteiger charge is 2.78. The molecule has 1 spiro atoms. The third kappa shape index (κ3) is 4.76. The van der Waals surface area contributed by atoms with Gasteiger partial charge in [-0.1, -0.05) is 67.6 Å². The van der Waals surface area contributed by atoms with Crippen LogP contribution >= 0.6 is 0 Å². The summed E-state index contributed by atoms with van der Waals surface area (Å²) in [6, 6.07) is 22.6. The molecule has 3 saturated heterocycles. The molecular formula is C34H39N3O5. The fourth-order valence-corrected chi connectivity index (χ4v) is 7.60. The van der Waals surface area contributed by atoms with Crippen molar-refractivity contribution in [3.8, 4) is 0 Å². The molecule has 0 saturated carbocycles. The summed E-state index contributed by atoms with van der Waals surface area (Å²) in [7, 11) is 0. The van der Waals surface area contributed by atoms with Crippen LogP contribution < -0.4 is 10.6 Å². The quantitative estimate of drug-likeness (QED) is 0.297. The highest BCUT2D eigenvalue weighted by atomic mass is 16.5. The van der Waals surface area contributed by atoms with E-state index >= 15 is 0 Å². The van der Waals surface area contributed by atoms with Gasteiger partial charge in [-0.05, 0) is 67.0 Å². The standard InChI is InChI=1S/C34H39N3O5/c1-2-33-17-18-34(42-33)28(27(33)30(39)35-22-23-11-5-3-6-12-23)32(41)37(19-9-4-10-20-38)29(34)31(40)36-26-16-15-24-13-7-8-14-25(24)21-26/h3,5-8,11-16,21,27-29,38H,2,4,9-10,17-20,22H2,1H3,(H,35,39)(H,36,40)/t27-,28-,29?,33+,34?/m0/s1. The van der Waals surface area contributed by atoms with Gasteiger partial charge in [0.2, 0.25) is 17.7 Å². The van der Waals surface area contributed by atoms with E-state index in [4.69, 9.17) is 4.74 Å². The van der Waals surface area contributed by atoms with Crippen molar-refractivity contribution < 1.29 is 24.2 Å². The third-order valence-corrected chi connectivity index (χ3v) is 9.60. The van der Waals surface area contributed by atoms with Crippen molar-refractivity contribution in [2.45, 2.75) is 69.2 Å². The van der Waals surface area contributed by atoms with Crippen molar-refractivity contribution in [2.24, 2.45) is 11.8 Å². The molecule has 3 aliphatic rings. The fraction of sp³-hybridized carbons (Fsp3) is 0.441. The van der Waals surface area contributed by atoms with Crippen molar-refractivity contribution in [3.63, 3.8) is 0 Å². The van der Waals surface area contributed by atoms with Crippen molar-refractivity contribution >= 4 is 34.2 Å². The second-order valence-corrected chi connectivity index (χ2v) is 11.9. The van der Waals surface area contributed by atoms with Crippen LogP contribution in [0.3, 0.4) is 0 Å². The third-order valence-electron chi connectivity index (χ3n) is 9.60. The Balaban J connectivity index is 1.31. The number of likely N-dealkylation sites (tertiary alicyclic amines) is 1. The first-order valence-electron chi connectivity index (χ1n) is 15.2. The van der Waals surface area contributed by atoms with Crippen LogP contribution in [0.25, 0.3) is 10.8 Å². The summed E-state index contributed by atoms with van der Waals surface area (Å²) in [4.78, 5) is 44.0. The van der Waals surface area contributed by atoms with Gasteiger partial charge in [0.15, 0.2) is 0 Å². The van der Waals surface area contributed by atoms with E-state index in [1.807, 2.05) is 79.7 Å². The molecule has 0 radical (unpaired) electrons. The maximum atomic E-state index is 14.3. The van der Waals surface area contributed by atoms with Crippen molar-refractivity contribution in [1.29, 1.82) is 0 Å². The number of ether oxygens (including phenoxy) is 1. The lowest BCUT2D eigenvalue weighted by Crippen LogP contribution is -2.53.